The molecule has 0 fully saturated rings. The first-order chi connectivity index (χ1) is 6.76. The van der Waals surface area contributed by atoms with Gasteiger partial charge in [-0.25, -0.2) is 0 Å². The van der Waals surface area contributed by atoms with Crippen LogP contribution in [-0.2, 0) is 6.32 Å². The lowest BCUT2D eigenvalue weighted by Crippen LogP contribution is -1.90. The maximum atomic E-state index is 5.50. The number of allylic oxidation sites excluding steroid dienone is 3. The van der Waals surface area contributed by atoms with E-state index in [1.54, 1.807) is 6.08 Å². The monoisotopic (exact) mass is 184 g/mol. The Morgan fingerprint density at radius 1 is 1.43 bits per heavy atom. The van der Waals surface area contributed by atoms with Gasteiger partial charge in [0.15, 0.2) is 0 Å². The summed E-state index contributed by atoms with van der Waals surface area (Å²) in [7, 11) is 5.48. The molecule has 1 aromatic carbocycles. The molecule has 14 heavy (non-hydrogen) atoms. The van der Waals surface area contributed by atoms with Crippen LogP contribution in [0.15, 0.2) is 48.8 Å². The topological polar surface area (TPSA) is 9.23 Å². The smallest absolute Gasteiger partial charge is 0.126 e. The molecule has 0 amide bonds. The van der Waals surface area contributed by atoms with Gasteiger partial charge in [-0.05, 0) is 25.1 Å². The zero-order chi connectivity index (χ0) is 10.4. The average molecular weight is 184 g/mol. The largest absolute Gasteiger partial charge is 0.462 e. The Kier molecular flexibility index (Phi) is 4.05. The summed E-state index contributed by atoms with van der Waals surface area (Å²) in [6.45, 7) is 5.48. The van der Waals surface area contributed by atoms with Gasteiger partial charge in [-0.1, -0.05) is 36.7 Å². The van der Waals surface area contributed by atoms with Gasteiger partial charge in [-0.15, -0.1) is 0 Å². The second-order valence-corrected chi connectivity index (χ2v) is 2.96. The van der Waals surface area contributed by atoms with Crippen molar-refractivity contribution in [3.05, 3.63) is 54.3 Å². The summed E-state index contributed by atoms with van der Waals surface area (Å²) in [5.41, 5.74) is 1.10. The summed E-state index contributed by atoms with van der Waals surface area (Å²) in [6, 6.07) is 7.72. The first-order valence-electron chi connectivity index (χ1n) is 4.52. The molecule has 0 saturated carbocycles. The van der Waals surface area contributed by atoms with Gasteiger partial charge in [-0.2, -0.15) is 0 Å². The quantitative estimate of drug-likeness (QED) is 0.397. The van der Waals surface area contributed by atoms with E-state index in [4.69, 9.17) is 12.6 Å². The second-order valence-electron chi connectivity index (χ2n) is 2.96. The van der Waals surface area contributed by atoms with E-state index >= 15 is 0 Å². The molecule has 1 rings (SSSR count). The third kappa shape index (κ3) is 3.13. The lowest BCUT2D eigenvalue weighted by molar-refractivity contribution is 0.428. The van der Waals surface area contributed by atoms with Gasteiger partial charge in [0.25, 0.3) is 0 Å². The number of rotatable bonds is 4. The first kappa shape index (κ1) is 10.6. The standard InChI is InChI=1S/C12H13BO/c1-3-4-10(2)14-12-7-5-11(9-13)6-8-12/h3-8H,1,9H2,2H3/b10-4-. The molecule has 0 aliphatic heterocycles. The molecule has 0 atom stereocenters. The average Bonchev–Trinajstić information content (AvgIpc) is 2.19. The number of ether oxygens (including phenoxy) is 1. The van der Waals surface area contributed by atoms with Crippen LogP contribution >= 0.6 is 0 Å². The van der Waals surface area contributed by atoms with Gasteiger partial charge in [0, 0.05) is 0 Å². The second kappa shape index (κ2) is 5.33. The molecule has 0 bridgehead atoms. The molecule has 1 nitrogen and oxygen atoms in total. The number of hydrogen-bond donors (Lipinski definition) is 0. The molecule has 0 spiro atoms. The highest BCUT2D eigenvalue weighted by atomic mass is 16.5. The van der Waals surface area contributed by atoms with E-state index in [9.17, 15) is 0 Å². The van der Waals surface area contributed by atoms with E-state index in [2.05, 4.69) is 6.58 Å². The molecule has 2 radical (unpaired) electrons. The molecule has 0 aliphatic carbocycles. The predicted octanol–water partition coefficient (Wildman–Crippen LogP) is 2.82. The summed E-state index contributed by atoms with van der Waals surface area (Å²) in [6.07, 6.45) is 4.07. The van der Waals surface area contributed by atoms with Crippen LogP contribution in [0.2, 0.25) is 0 Å². The summed E-state index contributed by atoms with van der Waals surface area (Å²) in [5, 5.41) is 0. The highest BCUT2D eigenvalue weighted by Gasteiger charge is 1.94. The summed E-state index contributed by atoms with van der Waals surface area (Å²) < 4.78 is 5.50. The zero-order valence-corrected chi connectivity index (χ0v) is 8.36. The molecule has 0 saturated heterocycles. The van der Waals surface area contributed by atoms with Gasteiger partial charge in [0.2, 0.25) is 0 Å². The molecule has 0 unspecified atom stereocenters. The van der Waals surface area contributed by atoms with Crippen molar-refractivity contribution in [2.24, 2.45) is 0 Å². The van der Waals surface area contributed by atoms with E-state index in [1.807, 2.05) is 37.3 Å². The van der Waals surface area contributed by atoms with Crippen molar-refractivity contribution >= 4 is 7.85 Å². The lowest BCUT2D eigenvalue weighted by atomic mass is 9.97. The molecule has 0 heterocycles. The van der Waals surface area contributed by atoms with Crippen LogP contribution in [0.1, 0.15) is 12.5 Å². The van der Waals surface area contributed by atoms with Crippen LogP contribution in [0.5, 0.6) is 5.75 Å². The predicted molar refractivity (Wildman–Crippen MR) is 60.5 cm³/mol. The van der Waals surface area contributed by atoms with Gasteiger partial charge in [-0.3, -0.25) is 0 Å². The van der Waals surface area contributed by atoms with Gasteiger partial charge in [0.1, 0.15) is 11.5 Å². The highest BCUT2D eigenvalue weighted by molar-refractivity contribution is 6.08. The number of hydrogen-bond acceptors (Lipinski definition) is 1. The van der Waals surface area contributed by atoms with Crippen molar-refractivity contribution in [2.45, 2.75) is 13.2 Å². The van der Waals surface area contributed by atoms with Crippen LogP contribution in [0, 0.1) is 0 Å². The first-order valence-corrected chi connectivity index (χ1v) is 4.52. The fourth-order valence-electron chi connectivity index (χ4n) is 1.08. The molecule has 1 aromatic rings. The Morgan fingerprint density at radius 3 is 2.57 bits per heavy atom. The van der Waals surface area contributed by atoms with Crippen molar-refractivity contribution in [2.75, 3.05) is 0 Å². The summed E-state index contributed by atoms with van der Waals surface area (Å²) in [5.74, 6) is 1.64. The molecule has 0 N–H and O–H groups in total. The van der Waals surface area contributed by atoms with Gasteiger partial charge < -0.3 is 4.74 Å². The molecular formula is C12H13BO. The van der Waals surface area contributed by atoms with Crippen molar-refractivity contribution in [3.8, 4) is 5.75 Å². The fourth-order valence-corrected chi connectivity index (χ4v) is 1.08. The van der Waals surface area contributed by atoms with E-state index in [1.165, 1.54) is 0 Å². The van der Waals surface area contributed by atoms with Crippen LogP contribution in [0.4, 0.5) is 0 Å². The van der Waals surface area contributed by atoms with E-state index in [0.717, 1.165) is 17.1 Å². The third-order valence-corrected chi connectivity index (χ3v) is 1.79. The van der Waals surface area contributed by atoms with Crippen LogP contribution in [0.25, 0.3) is 0 Å². The van der Waals surface area contributed by atoms with Crippen molar-refractivity contribution < 1.29 is 4.74 Å². The SMILES string of the molecule is [B]Cc1ccc(O/C(C)=C\C=C)cc1. The highest BCUT2D eigenvalue weighted by Crippen LogP contribution is 2.14. The van der Waals surface area contributed by atoms with Gasteiger partial charge in [0.05, 0.1) is 7.85 Å². The van der Waals surface area contributed by atoms with Crippen LogP contribution in [-0.4, -0.2) is 7.85 Å². The molecular weight excluding hydrogens is 171 g/mol. The Morgan fingerprint density at radius 2 is 2.07 bits per heavy atom. The van der Waals surface area contributed by atoms with Crippen LogP contribution < -0.4 is 4.74 Å². The summed E-state index contributed by atoms with van der Waals surface area (Å²) >= 11 is 0. The van der Waals surface area contributed by atoms with E-state index < -0.39 is 0 Å². The molecule has 2 heteroatoms. The molecule has 0 aliphatic rings. The van der Waals surface area contributed by atoms with Crippen molar-refractivity contribution in [1.82, 2.24) is 0 Å². The van der Waals surface area contributed by atoms with Gasteiger partial charge >= 0.3 is 0 Å². The van der Waals surface area contributed by atoms with Crippen molar-refractivity contribution in [1.29, 1.82) is 0 Å². The summed E-state index contributed by atoms with van der Waals surface area (Å²) in [4.78, 5) is 0. The minimum atomic E-state index is 0.557. The van der Waals surface area contributed by atoms with E-state index in [0.29, 0.717) is 6.32 Å². The Hall–Kier alpha value is -1.44. The normalized spacial score (nSPS) is 11.1. The minimum Gasteiger partial charge on any atom is -0.462 e. The van der Waals surface area contributed by atoms with Crippen LogP contribution in [0.3, 0.4) is 0 Å². The minimum absolute atomic E-state index is 0.557. The number of benzene rings is 1. The Labute approximate surface area is 86.5 Å². The maximum Gasteiger partial charge on any atom is 0.126 e. The lowest BCUT2D eigenvalue weighted by Gasteiger charge is -2.05. The maximum absolute atomic E-state index is 5.50. The van der Waals surface area contributed by atoms with Crippen molar-refractivity contribution in [3.63, 3.8) is 0 Å². The fraction of sp³-hybridized carbons (Fsp3) is 0.167. The Balaban J connectivity index is 2.68. The molecule has 0 aromatic heterocycles. The van der Waals surface area contributed by atoms with E-state index in [-0.39, 0.29) is 0 Å². The molecule has 70 valence electrons. The zero-order valence-electron chi connectivity index (χ0n) is 8.36. The Bertz CT molecular complexity index is 325. The third-order valence-electron chi connectivity index (χ3n) is 1.79.